The van der Waals surface area contributed by atoms with Gasteiger partial charge in [-0.25, -0.2) is 4.39 Å². The molecule has 0 aliphatic heterocycles. The van der Waals surface area contributed by atoms with Crippen molar-refractivity contribution in [2.45, 2.75) is 0 Å². The Bertz CT molecular complexity index is 791. The van der Waals surface area contributed by atoms with Gasteiger partial charge in [0.05, 0.1) is 16.7 Å². The molecule has 90 valence electrons. The first-order valence-electron chi connectivity index (χ1n) is 5.31. The second kappa shape index (κ2) is 4.47. The Labute approximate surface area is 122 Å². The van der Waals surface area contributed by atoms with Crippen LogP contribution in [0.25, 0.3) is 16.7 Å². The van der Waals surface area contributed by atoms with Gasteiger partial charge in [0.2, 0.25) is 0 Å². The Balaban J connectivity index is 2.35. The summed E-state index contributed by atoms with van der Waals surface area (Å²) in [4.78, 5) is 3.14. The van der Waals surface area contributed by atoms with Crippen molar-refractivity contribution < 1.29 is 4.39 Å². The molecule has 0 fully saturated rings. The molecule has 3 rings (SSSR count). The van der Waals surface area contributed by atoms with Gasteiger partial charge in [-0.3, -0.25) is 4.57 Å². The fourth-order valence-corrected chi connectivity index (χ4v) is 2.76. The molecule has 1 N–H and O–H groups in total. The predicted molar refractivity (Wildman–Crippen MR) is 81.1 cm³/mol. The lowest BCUT2D eigenvalue weighted by molar-refractivity contribution is 0.626. The maximum atomic E-state index is 13.3. The molecule has 2 nitrogen and oxygen atoms in total. The minimum Gasteiger partial charge on any atom is -0.330 e. The van der Waals surface area contributed by atoms with Crippen molar-refractivity contribution in [2.75, 3.05) is 0 Å². The standard InChI is InChI=1S/C13H8FIN2S/c14-8-2-1-3-10(6-8)17-12-5-4-9(15)7-11(12)16-13(17)18/h1-7H,(H,16,18). The van der Waals surface area contributed by atoms with Crippen molar-refractivity contribution in [1.29, 1.82) is 0 Å². The molecule has 0 saturated carbocycles. The van der Waals surface area contributed by atoms with Crippen LogP contribution in [-0.2, 0) is 0 Å². The third kappa shape index (κ3) is 1.97. The normalized spacial score (nSPS) is 11.0. The van der Waals surface area contributed by atoms with Crippen LogP contribution < -0.4 is 0 Å². The topological polar surface area (TPSA) is 20.7 Å². The van der Waals surface area contributed by atoms with Crippen LogP contribution in [0.5, 0.6) is 0 Å². The first-order chi connectivity index (χ1) is 8.65. The zero-order chi connectivity index (χ0) is 12.7. The Kier molecular flexibility index (Phi) is 2.95. The number of imidazole rings is 1. The highest BCUT2D eigenvalue weighted by molar-refractivity contribution is 14.1. The third-order valence-electron chi connectivity index (χ3n) is 2.71. The quantitative estimate of drug-likeness (QED) is 0.497. The Hall–Kier alpha value is -1.21. The summed E-state index contributed by atoms with van der Waals surface area (Å²) in [7, 11) is 0. The fraction of sp³-hybridized carbons (Fsp3) is 0. The highest BCUT2D eigenvalue weighted by Crippen LogP contribution is 2.21. The monoisotopic (exact) mass is 370 g/mol. The van der Waals surface area contributed by atoms with E-state index in [0.29, 0.717) is 4.77 Å². The van der Waals surface area contributed by atoms with E-state index < -0.39 is 0 Å². The largest absolute Gasteiger partial charge is 0.330 e. The number of aromatic amines is 1. The van der Waals surface area contributed by atoms with Crippen LogP contribution in [0.4, 0.5) is 4.39 Å². The average molecular weight is 370 g/mol. The summed E-state index contributed by atoms with van der Waals surface area (Å²) in [5.41, 5.74) is 2.63. The Morgan fingerprint density at radius 2 is 2.00 bits per heavy atom. The minimum atomic E-state index is -0.269. The molecule has 0 aliphatic rings. The minimum absolute atomic E-state index is 0.269. The van der Waals surface area contributed by atoms with Crippen molar-refractivity contribution in [1.82, 2.24) is 9.55 Å². The van der Waals surface area contributed by atoms with Crippen LogP contribution in [0.2, 0.25) is 0 Å². The SMILES string of the molecule is Fc1cccc(-n2c(=S)[nH]c3cc(I)ccc32)c1. The number of benzene rings is 2. The zero-order valence-electron chi connectivity index (χ0n) is 9.15. The molecular formula is C13H8FIN2S. The summed E-state index contributed by atoms with van der Waals surface area (Å²) in [6.45, 7) is 0. The van der Waals surface area contributed by atoms with Crippen LogP contribution in [0.1, 0.15) is 0 Å². The maximum absolute atomic E-state index is 13.3. The summed E-state index contributed by atoms with van der Waals surface area (Å²) in [6.07, 6.45) is 0. The summed E-state index contributed by atoms with van der Waals surface area (Å²) in [5.74, 6) is -0.269. The molecule has 1 aromatic heterocycles. The molecule has 0 amide bonds. The molecule has 0 atom stereocenters. The summed E-state index contributed by atoms with van der Waals surface area (Å²) < 4.78 is 16.8. The fourth-order valence-electron chi connectivity index (χ4n) is 1.96. The van der Waals surface area contributed by atoms with E-state index in [1.165, 1.54) is 12.1 Å². The predicted octanol–water partition coefficient (Wildman–Crippen LogP) is 4.43. The number of hydrogen-bond donors (Lipinski definition) is 1. The van der Waals surface area contributed by atoms with Crippen molar-refractivity contribution >= 4 is 45.8 Å². The van der Waals surface area contributed by atoms with Crippen LogP contribution in [-0.4, -0.2) is 9.55 Å². The maximum Gasteiger partial charge on any atom is 0.182 e. The molecule has 0 bridgehead atoms. The highest BCUT2D eigenvalue weighted by atomic mass is 127. The first-order valence-corrected chi connectivity index (χ1v) is 6.80. The lowest BCUT2D eigenvalue weighted by Crippen LogP contribution is -1.94. The lowest BCUT2D eigenvalue weighted by atomic mass is 10.3. The molecule has 0 unspecified atom stereocenters. The molecule has 0 radical (unpaired) electrons. The van der Waals surface area contributed by atoms with E-state index in [1.807, 2.05) is 28.8 Å². The highest BCUT2D eigenvalue weighted by Gasteiger charge is 2.07. The molecule has 18 heavy (non-hydrogen) atoms. The van der Waals surface area contributed by atoms with Crippen LogP contribution in [0.3, 0.4) is 0 Å². The summed E-state index contributed by atoms with van der Waals surface area (Å²) >= 11 is 7.55. The van der Waals surface area contributed by atoms with Gasteiger partial charge in [0.1, 0.15) is 5.82 Å². The van der Waals surface area contributed by atoms with E-state index >= 15 is 0 Å². The molecule has 3 aromatic rings. The van der Waals surface area contributed by atoms with Gasteiger partial charge in [-0.15, -0.1) is 0 Å². The van der Waals surface area contributed by atoms with Crippen LogP contribution in [0.15, 0.2) is 42.5 Å². The lowest BCUT2D eigenvalue weighted by Gasteiger charge is -2.04. The van der Waals surface area contributed by atoms with Crippen molar-refractivity contribution in [3.63, 3.8) is 0 Å². The van der Waals surface area contributed by atoms with Gasteiger partial charge in [0.15, 0.2) is 4.77 Å². The molecule has 5 heteroatoms. The van der Waals surface area contributed by atoms with E-state index in [2.05, 4.69) is 27.6 Å². The molecular weight excluding hydrogens is 362 g/mol. The van der Waals surface area contributed by atoms with E-state index in [0.717, 1.165) is 20.3 Å². The van der Waals surface area contributed by atoms with Crippen molar-refractivity contribution in [2.24, 2.45) is 0 Å². The summed E-state index contributed by atoms with van der Waals surface area (Å²) in [5, 5.41) is 0. The van der Waals surface area contributed by atoms with Gasteiger partial charge >= 0.3 is 0 Å². The van der Waals surface area contributed by atoms with Gasteiger partial charge in [-0.05, 0) is 71.2 Å². The molecule has 0 aliphatic carbocycles. The third-order valence-corrected chi connectivity index (χ3v) is 3.67. The van der Waals surface area contributed by atoms with Crippen molar-refractivity contribution in [3.8, 4) is 5.69 Å². The van der Waals surface area contributed by atoms with Gasteiger partial charge in [-0.1, -0.05) is 6.07 Å². The smallest absolute Gasteiger partial charge is 0.182 e. The number of nitrogens with zero attached hydrogens (tertiary/aromatic N) is 1. The Morgan fingerprint density at radius 3 is 2.78 bits per heavy atom. The second-order valence-electron chi connectivity index (χ2n) is 3.91. The van der Waals surface area contributed by atoms with E-state index in [1.54, 1.807) is 6.07 Å². The van der Waals surface area contributed by atoms with Gasteiger partial charge in [-0.2, -0.15) is 0 Å². The second-order valence-corrected chi connectivity index (χ2v) is 5.54. The van der Waals surface area contributed by atoms with E-state index in [4.69, 9.17) is 12.2 Å². The van der Waals surface area contributed by atoms with Gasteiger partial charge in [0.25, 0.3) is 0 Å². The number of aromatic nitrogens is 2. The molecule has 2 aromatic carbocycles. The number of rotatable bonds is 1. The molecule has 0 saturated heterocycles. The number of hydrogen-bond acceptors (Lipinski definition) is 1. The van der Waals surface area contributed by atoms with Gasteiger partial charge in [0, 0.05) is 3.57 Å². The van der Waals surface area contributed by atoms with Crippen molar-refractivity contribution in [3.05, 3.63) is 56.6 Å². The average Bonchev–Trinajstić information content (AvgIpc) is 2.64. The number of halogens is 2. The number of H-pyrrole nitrogens is 1. The number of fused-ring (bicyclic) bond motifs is 1. The van der Waals surface area contributed by atoms with E-state index in [9.17, 15) is 4.39 Å². The molecule has 0 spiro atoms. The Morgan fingerprint density at radius 1 is 1.17 bits per heavy atom. The summed E-state index contributed by atoms with van der Waals surface area (Å²) in [6, 6.07) is 12.4. The number of nitrogens with one attached hydrogen (secondary N) is 1. The first kappa shape index (κ1) is 11.9. The van der Waals surface area contributed by atoms with Crippen LogP contribution in [0, 0.1) is 14.2 Å². The van der Waals surface area contributed by atoms with E-state index in [-0.39, 0.29) is 5.82 Å². The zero-order valence-corrected chi connectivity index (χ0v) is 12.1. The van der Waals surface area contributed by atoms with Gasteiger partial charge < -0.3 is 4.98 Å². The molecule has 1 heterocycles. The van der Waals surface area contributed by atoms with Crippen LogP contribution >= 0.6 is 34.8 Å².